The number of aromatic nitrogens is 2. The second kappa shape index (κ2) is 5.83. The third kappa shape index (κ3) is 3.21. The number of hydrogen-bond donors (Lipinski definition) is 3. The van der Waals surface area contributed by atoms with E-state index in [1.54, 1.807) is 6.07 Å². The van der Waals surface area contributed by atoms with Crippen LogP contribution in [0.25, 0.3) is 0 Å². The number of hydrogen-bond acceptors (Lipinski definition) is 7. The number of hydrazine groups is 1. The lowest BCUT2D eigenvalue weighted by Crippen LogP contribution is -2.26. The van der Waals surface area contributed by atoms with E-state index >= 15 is 0 Å². The molecule has 1 fully saturated rings. The highest BCUT2D eigenvalue weighted by atomic mass is 16.5. The molecule has 7 nitrogen and oxygen atoms in total. The molecule has 1 aromatic rings. The summed E-state index contributed by atoms with van der Waals surface area (Å²) >= 11 is 0. The van der Waals surface area contributed by atoms with Gasteiger partial charge in [-0.1, -0.05) is 0 Å². The molecular weight excluding hydrogens is 232 g/mol. The molecular formula is C11H20N6O. The van der Waals surface area contributed by atoms with Gasteiger partial charge in [-0.3, -0.25) is 0 Å². The molecule has 0 aliphatic carbocycles. The number of anilines is 2. The van der Waals surface area contributed by atoms with E-state index in [4.69, 9.17) is 16.3 Å². The Balaban J connectivity index is 1.84. The van der Waals surface area contributed by atoms with Gasteiger partial charge in [0.15, 0.2) is 0 Å². The largest absolute Gasteiger partial charge is 0.477 e. The van der Waals surface area contributed by atoms with E-state index in [0.29, 0.717) is 24.3 Å². The molecule has 1 aliphatic rings. The number of rotatable bonds is 5. The zero-order valence-electron chi connectivity index (χ0n) is 10.6. The number of nitrogen functional groups attached to an aromatic ring is 2. The van der Waals surface area contributed by atoms with Crippen molar-refractivity contribution in [3.63, 3.8) is 0 Å². The van der Waals surface area contributed by atoms with Gasteiger partial charge in [0.2, 0.25) is 11.8 Å². The number of nitrogens with zero attached hydrogens (tertiary/aromatic N) is 3. The zero-order chi connectivity index (χ0) is 13.0. The minimum Gasteiger partial charge on any atom is -0.477 e. The second-order valence-corrected chi connectivity index (χ2v) is 4.51. The first-order chi connectivity index (χ1) is 8.69. The monoisotopic (exact) mass is 252 g/mol. The van der Waals surface area contributed by atoms with Crippen LogP contribution < -0.4 is 21.7 Å². The topological polar surface area (TPSA) is 102 Å². The number of ether oxygens (including phenoxy) is 1. The minimum atomic E-state index is 0.151. The van der Waals surface area contributed by atoms with E-state index < -0.39 is 0 Å². The third-order valence-electron chi connectivity index (χ3n) is 3.24. The Bertz CT molecular complexity index is 399. The number of likely N-dealkylation sites (tertiary alicyclic amines) is 1. The molecule has 5 N–H and O–H groups in total. The highest BCUT2D eigenvalue weighted by molar-refractivity contribution is 5.41. The van der Waals surface area contributed by atoms with Gasteiger partial charge in [-0.25, -0.2) is 5.84 Å². The zero-order valence-corrected chi connectivity index (χ0v) is 10.6. The van der Waals surface area contributed by atoms with Gasteiger partial charge in [-0.2, -0.15) is 9.97 Å². The van der Waals surface area contributed by atoms with Gasteiger partial charge in [0.1, 0.15) is 5.82 Å². The van der Waals surface area contributed by atoms with Crippen molar-refractivity contribution in [2.24, 2.45) is 5.84 Å². The average molecular weight is 252 g/mol. The van der Waals surface area contributed by atoms with Crippen LogP contribution in [0.3, 0.4) is 0 Å². The summed E-state index contributed by atoms with van der Waals surface area (Å²) in [7, 11) is 2.15. The first kappa shape index (κ1) is 12.8. The van der Waals surface area contributed by atoms with Crippen LogP contribution in [0.2, 0.25) is 0 Å². The smallest absolute Gasteiger partial charge is 0.225 e. The van der Waals surface area contributed by atoms with Crippen LogP contribution in [-0.4, -0.2) is 41.1 Å². The van der Waals surface area contributed by atoms with Gasteiger partial charge < -0.3 is 20.8 Å². The summed E-state index contributed by atoms with van der Waals surface area (Å²) in [6, 6.07) is 2.24. The Morgan fingerprint density at radius 2 is 2.39 bits per heavy atom. The molecule has 0 radical (unpaired) electrons. The summed E-state index contributed by atoms with van der Waals surface area (Å²) in [6.45, 7) is 1.79. The van der Waals surface area contributed by atoms with E-state index in [-0.39, 0.29) is 5.95 Å². The highest BCUT2D eigenvalue weighted by Gasteiger charge is 2.20. The molecule has 1 saturated heterocycles. The van der Waals surface area contributed by atoms with Gasteiger partial charge >= 0.3 is 0 Å². The molecule has 0 amide bonds. The SMILES string of the molecule is CN1CCCC1CCOc1cc(NN)nc(N)n1. The summed E-state index contributed by atoms with van der Waals surface area (Å²) in [5.74, 6) is 6.34. The Labute approximate surface area is 106 Å². The van der Waals surface area contributed by atoms with Crippen LogP contribution in [0.1, 0.15) is 19.3 Å². The van der Waals surface area contributed by atoms with Crippen LogP contribution in [0.5, 0.6) is 5.88 Å². The van der Waals surface area contributed by atoms with Crippen molar-refractivity contribution in [1.29, 1.82) is 0 Å². The summed E-state index contributed by atoms with van der Waals surface area (Å²) in [6.07, 6.45) is 3.50. The Kier molecular flexibility index (Phi) is 4.16. The number of nitrogens with one attached hydrogen (secondary N) is 1. The van der Waals surface area contributed by atoms with Gasteiger partial charge in [0.25, 0.3) is 0 Å². The van der Waals surface area contributed by atoms with Crippen LogP contribution in [-0.2, 0) is 0 Å². The number of nitrogens with two attached hydrogens (primary N) is 2. The van der Waals surface area contributed by atoms with Crippen molar-refractivity contribution in [3.8, 4) is 5.88 Å². The van der Waals surface area contributed by atoms with Crippen molar-refractivity contribution in [3.05, 3.63) is 6.07 Å². The predicted molar refractivity (Wildman–Crippen MR) is 70.0 cm³/mol. The molecule has 2 heterocycles. The summed E-state index contributed by atoms with van der Waals surface area (Å²) in [5, 5.41) is 0. The standard InChI is InChI=1S/C11H20N6O/c1-17-5-2-3-8(17)4-6-18-10-7-9(16-13)14-11(12)15-10/h7-8H,2-6,13H2,1H3,(H3,12,14,15,16). The maximum absolute atomic E-state index is 5.59. The fraction of sp³-hybridized carbons (Fsp3) is 0.636. The van der Waals surface area contributed by atoms with Crippen LogP contribution in [0.4, 0.5) is 11.8 Å². The Morgan fingerprint density at radius 1 is 1.56 bits per heavy atom. The third-order valence-corrected chi connectivity index (χ3v) is 3.24. The maximum Gasteiger partial charge on any atom is 0.225 e. The molecule has 0 spiro atoms. The van der Waals surface area contributed by atoms with E-state index in [2.05, 4.69) is 27.3 Å². The average Bonchev–Trinajstić information content (AvgIpc) is 2.74. The van der Waals surface area contributed by atoms with E-state index in [9.17, 15) is 0 Å². The van der Waals surface area contributed by atoms with E-state index in [1.165, 1.54) is 19.4 Å². The Hall–Kier alpha value is -1.60. The van der Waals surface area contributed by atoms with Crippen molar-refractivity contribution in [1.82, 2.24) is 14.9 Å². The van der Waals surface area contributed by atoms with Crippen LogP contribution >= 0.6 is 0 Å². The quantitative estimate of drug-likeness (QED) is 0.508. The van der Waals surface area contributed by atoms with Gasteiger partial charge in [-0.05, 0) is 32.9 Å². The van der Waals surface area contributed by atoms with Crippen molar-refractivity contribution < 1.29 is 4.74 Å². The van der Waals surface area contributed by atoms with E-state index in [0.717, 1.165) is 6.42 Å². The van der Waals surface area contributed by atoms with E-state index in [1.807, 2.05) is 0 Å². The maximum atomic E-state index is 5.59. The van der Waals surface area contributed by atoms with Gasteiger partial charge in [0, 0.05) is 12.1 Å². The Morgan fingerprint density at radius 3 is 3.06 bits per heavy atom. The fourth-order valence-corrected chi connectivity index (χ4v) is 2.23. The van der Waals surface area contributed by atoms with Crippen molar-refractivity contribution in [2.45, 2.75) is 25.3 Å². The lowest BCUT2D eigenvalue weighted by atomic mass is 10.1. The first-order valence-corrected chi connectivity index (χ1v) is 6.13. The predicted octanol–water partition coefficient (Wildman–Crippen LogP) is 0.208. The van der Waals surface area contributed by atoms with Gasteiger partial charge in [-0.15, -0.1) is 0 Å². The van der Waals surface area contributed by atoms with Gasteiger partial charge in [0.05, 0.1) is 6.61 Å². The molecule has 1 unspecified atom stereocenters. The minimum absolute atomic E-state index is 0.151. The van der Waals surface area contributed by atoms with Crippen LogP contribution in [0.15, 0.2) is 6.07 Å². The molecule has 1 atom stereocenters. The normalized spacial score (nSPS) is 20.0. The molecule has 1 aliphatic heterocycles. The molecule has 0 saturated carbocycles. The molecule has 18 heavy (non-hydrogen) atoms. The summed E-state index contributed by atoms with van der Waals surface area (Å²) in [4.78, 5) is 10.3. The second-order valence-electron chi connectivity index (χ2n) is 4.51. The molecule has 0 aromatic carbocycles. The lowest BCUT2D eigenvalue weighted by Gasteiger charge is -2.19. The molecule has 0 bridgehead atoms. The van der Waals surface area contributed by atoms with Crippen molar-refractivity contribution in [2.75, 3.05) is 31.4 Å². The molecule has 7 heteroatoms. The summed E-state index contributed by atoms with van der Waals surface area (Å²) in [5.41, 5.74) is 7.97. The first-order valence-electron chi connectivity index (χ1n) is 6.13. The molecule has 100 valence electrons. The molecule has 2 rings (SSSR count). The van der Waals surface area contributed by atoms with Crippen molar-refractivity contribution >= 4 is 11.8 Å². The molecule has 1 aromatic heterocycles. The highest BCUT2D eigenvalue weighted by Crippen LogP contribution is 2.19. The van der Waals surface area contributed by atoms with Crippen LogP contribution in [0, 0.1) is 0 Å². The summed E-state index contributed by atoms with van der Waals surface area (Å²) < 4.78 is 5.59. The lowest BCUT2D eigenvalue weighted by molar-refractivity contribution is 0.228. The fourth-order valence-electron chi connectivity index (χ4n) is 2.23.